The van der Waals surface area contributed by atoms with Gasteiger partial charge in [0, 0.05) is 18.0 Å². The first kappa shape index (κ1) is 15.8. The van der Waals surface area contributed by atoms with Gasteiger partial charge in [-0.1, -0.05) is 30.3 Å². The van der Waals surface area contributed by atoms with Crippen molar-refractivity contribution >= 4 is 17.2 Å². The van der Waals surface area contributed by atoms with Crippen LogP contribution in [-0.2, 0) is 6.42 Å². The van der Waals surface area contributed by atoms with Crippen LogP contribution in [0.5, 0.6) is 0 Å². The summed E-state index contributed by atoms with van der Waals surface area (Å²) in [5.41, 5.74) is 8.81. The summed E-state index contributed by atoms with van der Waals surface area (Å²) in [5.74, 6) is -0.175. The first-order valence-electron chi connectivity index (χ1n) is 8.95. The Bertz CT molecular complexity index is 1220. The highest BCUT2D eigenvalue weighted by molar-refractivity contribution is 6.05. The number of fused-ring (bicyclic) bond motifs is 4. The molecule has 4 aromatic rings. The van der Waals surface area contributed by atoms with Crippen molar-refractivity contribution in [3.05, 3.63) is 82.8 Å². The van der Waals surface area contributed by atoms with E-state index in [1.807, 2.05) is 26.0 Å². The average molecular weight is 354 g/mol. The predicted molar refractivity (Wildman–Crippen MR) is 105 cm³/mol. The zero-order chi connectivity index (χ0) is 18.5. The smallest absolute Gasteiger partial charge is 0.259 e. The lowest BCUT2D eigenvalue weighted by Gasteiger charge is -2.10. The molecular formula is C22H18N4O. The summed E-state index contributed by atoms with van der Waals surface area (Å²) in [6.45, 7) is 3.80. The second-order valence-electron chi connectivity index (χ2n) is 6.97. The molecular weight excluding hydrogens is 336 g/mol. The topological polar surface area (TPSA) is 59.3 Å². The van der Waals surface area contributed by atoms with Crippen LogP contribution in [0.2, 0.25) is 0 Å². The van der Waals surface area contributed by atoms with Crippen molar-refractivity contribution in [3.8, 4) is 11.1 Å². The molecule has 5 rings (SSSR count). The number of amides is 1. The zero-order valence-corrected chi connectivity index (χ0v) is 15.2. The number of rotatable bonds is 2. The molecule has 0 saturated heterocycles. The van der Waals surface area contributed by atoms with Gasteiger partial charge in [0.1, 0.15) is 0 Å². The Hall–Kier alpha value is -3.47. The van der Waals surface area contributed by atoms with E-state index in [-0.39, 0.29) is 5.91 Å². The van der Waals surface area contributed by atoms with Crippen LogP contribution in [0.1, 0.15) is 32.9 Å². The minimum absolute atomic E-state index is 0.175. The van der Waals surface area contributed by atoms with Gasteiger partial charge in [0.25, 0.3) is 5.91 Å². The summed E-state index contributed by atoms with van der Waals surface area (Å²) in [7, 11) is 0. The highest BCUT2D eigenvalue weighted by Crippen LogP contribution is 2.37. The summed E-state index contributed by atoms with van der Waals surface area (Å²) in [6, 6.07) is 16.4. The van der Waals surface area contributed by atoms with Crippen molar-refractivity contribution in [2.45, 2.75) is 20.3 Å². The van der Waals surface area contributed by atoms with Gasteiger partial charge >= 0.3 is 0 Å². The van der Waals surface area contributed by atoms with Crippen molar-refractivity contribution < 1.29 is 4.79 Å². The minimum Gasteiger partial charge on any atom is -0.322 e. The third-order valence-corrected chi connectivity index (χ3v) is 5.14. The second-order valence-corrected chi connectivity index (χ2v) is 6.97. The molecule has 0 atom stereocenters. The maximum atomic E-state index is 12.8. The van der Waals surface area contributed by atoms with Gasteiger partial charge in [-0.2, -0.15) is 5.10 Å². The van der Waals surface area contributed by atoms with Crippen molar-refractivity contribution in [3.63, 3.8) is 0 Å². The molecule has 1 aliphatic rings. The fraction of sp³-hybridized carbons (Fsp3) is 0.136. The Morgan fingerprint density at radius 1 is 1.04 bits per heavy atom. The van der Waals surface area contributed by atoms with Gasteiger partial charge in [-0.05, 0) is 54.7 Å². The van der Waals surface area contributed by atoms with Crippen molar-refractivity contribution in [2.24, 2.45) is 0 Å². The number of anilines is 1. The van der Waals surface area contributed by atoms with Crippen LogP contribution in [-0.4, -0.2) is 20.5 Å². The van der Waals surface area contributed by atoms with Crippen LogP contribution in [0.25, 0.3) is 16.8 Å². The van der Waals surface area contributed by atoms with Crippen LogP contribution < -0.4 is 5.32 Å². The first-order chi connectivity index (χ1) is 13.1. The Kier molecular flexibility index (Phi) is 3.37. The van der Waals surface area contributed by atoms with Gasteiger partial charge < -0.3 is 5.32 Å². The van der Waals surface area contributed by atoms with Gasteiger partial charge in [0.2, 0.25) is 0 Å². The molecule has 0 spiro atoms. The van der Waals surface area contributed by atoms with Crippen LogP contribution >= 0.6 is 0 Å². The highest BCUT2D eigenvalue weighted by Gasteiger charge is 2.19. The summed E-state index contributed by atoms with van der Waals surface area (Å²) < 4.78 is 1.71. The summed E-state index contributed by atoms with van der Waals surface area (Å²) in [5, 5.41) is 7.41. The Labute approximate surface area is 156 Å². The molecule has 0 radical (unpaired) electrons. The summed E-state index contributed by atoms with van der Waals surface area (Å²) in [6.07, 6.45) is 2.51. The number of carbonyl (C=O) groups is 1. The largest absolute Gasteiger partial charge is 0.322 e. The molecule has 0 saturated carbocycles. The number of carbonyl (C=O) groups excluding carboxylic acids is 1. The first-order valence-corrected chi connectivity index (χ1v) is 8.95. The van der Waals surface area contributed by atoms with Crippen LogP contribution in [0, 0.1) is 13.8 Å². The van der Waals surface area contributed by atoms with Crippen molar-refractivity contribution in [1.82, 2.24) is 14.6 Å². The van der Waals surface area contributed by atoms with Crippen LogP contribution in [0.4, 0.5) is 5.69 Å². The van der Waals surface area contributed by atoms with E-state index in [1.54, 1.807) is 10.7 Å². The molecule has 132 valence electrons. The number of nitrogens with one attached hydrogen (secondary N) is 1. The molecule has 1 amide bonds. The second kappa shape index (κ2) is 5.77. The van der Waals surface area contributed by atoms with Gasteiger partial charge in [-0.3, -0.25) is 4.79 Å². The lowest BCUT2D eigenvalue weighted by molar-refractivity contribution is 0.102. The molecule has 5 heteroatoms. The van der Waals surface area contributed by atoms with E-state index in [4.69, 9.17) is 0 Å². The molecule has 5 nitrogen and oxygen atoms in total. The fourth-order valence-electron chi connectivity index (χ4n) is 3.81. The SMILES string of the molecule is Cc1cc2ncc(C(=O)Nc3ccc4c(c3)Cc3ccccc3-4)c(C)n2n1. The Morgan fingerprint density at radius 3 is 2.74 bits per heavy atom. The van der Waals surface area contributed by atoms with Gasteiger partial charge in [-0.25, -0.2) is 9.50 Å². The van der Waals surface area contributed by atoms with E-state index < -0.39 is 0 Å². The predicted octanol–water partition coefficient (Wildman–Crippen LogP) is 4.17. The fourth-order valence-corrected chi connectivity index (χ4v) is 3.81. The molecule has 0 bridgehead atoms. The van der Waals surface area contributed by atoms with E-state index in [2.05, 4.69) is 51.8 Å². The van der Waals surface area contributed by atoms with Crippen molar-refractivity contribution in [2.75, 3.05) is 5.32 Å². The summed E-state index contributed by atoms with van der Waals surface area (Å²) >= 11 is 0. The summed E-state index contributed by atoms with van der Waals surface area (Å²) in [4.78, 5) is 17.2. The maximum absolute atomic E-state index is 12.8. The lowest BCUT2D eigenvalue weighted by atomic mass is 10.1. The minimum atomic E-state index is -0.175. The Morgan fingerprint density at radius 2 is 1.85 bits per heavy atom. The quantitative estimate of drug-likeness (QED) is 0.518. The number of hydrogen-bond donors (Lipinski definition) is 1. The molecule has 2 aromatic heterocycles. The highest BCUT2D eigenvalue weighted by atomic mass is 16.1. The van der Waals surface area contributed by atoms with Gasteiger partial charge in [-0.15, -0.1) is 0 Å². The molecule has 0 fully saturated rings. The number of benzene rings is 2. The zero-order valence-electron chi connectivity index (χ0n) is 15.2. The van der Waals surface area contributed by atoms with Crippen LogP contribution in [0.15, 0.2) is 54.7 Å². The van der Waals surface area contributed by atoms with Gasteiger partial charge in [0.15, 0.2) is 5.65 Å². The van der Waals surface area contributed by atoms with E-state index in [9.17, 15) is 4.79 Å². The molecule has 2 heterocycles. The normalized spacial score (nSPS) is 12.1. The van der Waals surface area contributed by atoms with E-state index in [0.717, 1.165) is 29.1 Å². The molecule has 0 aliphatic heterocycles. The molecule has 27 heavy (non-hydrogen) atoms. The van der Waals surface area contributed by atoms with Crippen molar-refractivity contribution in [1.29, 1.82) is 0 Å². The number of hydrogen-bond acceptors (Lipinski definition) is 3. The van der Waals surface area contributed by atoms with E-state index >= 15 is 0 Å². The third-order valence-electron chi connectivity index (χ3n) is 5.14. The molecule has 0 unspecified atom stereocenters. The van der Waals surface area contributed by atoms with E-state index in [0.29, 0.717) is 5.56 Å². The third kappa shape index (κ3) is 2.51. The van der Waals surface area contributed by atoms with Gasteiger partial charge in [0.05, 0.1) is 17.0 Å². The maximum Gasteiger partial charge on any atom is 0.259 e. The number of aromatic nitrogens is 3. The number of aryl methyl sites for hydroxylation is 2. The molecule has 2 aromatic carbocycles. The Balaban J connectivity index is 1.45. The lowest BCUT2D eigenvalue weighted by Crippen LogP contribution is -2.16. The molecule has 1 N–H and O–H groups in total. The monoisotopic (exact) mass is 354 g/mol. The van der Waals surface area contributed by atoms with E-state index in [1.165, 1.54) is 22.3 Å². The average Bonchev–Trinajstić information content (AvgIpc) is 3.21. The number of nitrogens with zero attached hydrogens (tertiary/aromatic N) is 3. The molecule has 1 aliphatic carbocycles. The van der Waals surface area contributed by atoms with Crippen LogP contribution in [0.3, 0.4) is 0 Å². The standard InChI is InChI=1S/C22H18N4O/c1-13-9-21-23-12-20(14(2)26(21)25-13)22(27)24-17-7-8-19-16(11-17)10-15-5-3-4-6-18(15)19/h3-9,11-12H,10H2,1-2H3,(H,24,27).